The van der Waals surface area contributed by atoms with E-state index in [1.165, 1.54) is 6.21 Å². The third kappa shape index (κ3) is 5.30. The molecule has 0 unspecified atom stereocenters. The maximum absolute atomic E-state index is 11.2. The molecular weight excluding hydrogens is 316 g/mol. The molecule has 2 rings (SSSR count). The summed E-state index contributed by atoms with van der Waals surface area (Å²) < 4.78 is 10.5. The minimum atomic E-state index is -0.599. The SMILES string of the molecule is CCOC(=O)N/N=C/c1ccccc1OCc1ccccc1Cl. The van der Waals surface area contributed by atoms with Crippen LogP contribution in [0.2, 0.25) is 5.02 Å². The van der Waals surface area contributed by atoms with Gasteiger partial charge in [-0.3, -0.25) is 0 Å². The number of benzene rings is 2. The molecule has 0 saturated carbocycles. The molecule has 0 fully saturated rings. The Bertz CT molecular complexity index is 689. The van der Waals surface area contributed by atoms with Crippen LogP contribution < -0.4 is 10.2 Å². The fourth-order valence-corrected chi connectivity index (χ4v) is 2.00. The molecule has 1 N–H and O–H groups in total. The van der Waals surface area contributed by atoms with Crippen LogP contribution in [0.4, 0.5) is 4.79 Å². The zero-order valence-electron chi connectivity index (χ0n) is 12.7. The van der Waals surface area contributed by atoms with Crippen molar-refractivity contribution in [1.29, 1.82) is 0 Å². The minimum Gasteiger partial charge on any atom is -0.488 e. The van der Waals surface area contributed by atoms with E-state index >= 15 is 0 Å². The van der Waals surface area contributed by atoms with E-state index in [9.17, 15) is 4.79 Å². The zero-order valence-corrected chi connectivity index (χ0v) is 13.4. The first-order chi connectivity index (χ1) is 11.2. The average Bonchev–Trinajstić information content (AvgIpc) is 2.55. The van der Waals surface area contributed by atoms with Crippen molar-refractivity contribution in [1.82, 2.24) is 5.43 Å². The van der Waals surface area contributed by atoms with Crippen LogP contribution >= 0.6 is 11.6 Å². The summed E-state index contributed by atoms with van der Waals surface area (Å²) >= 11 is 6.11. The maximum Gasteiger partial charge on any atom is 0.427 e. The zero-order chi connectivity index (χ0) is 16.5. The molecule has 23 heavy (non-hydrogen) atoms. The van der Waals surface area contributed by atoms with Crippen LogP contribution in [0, 0.1) is 0 Å². The number of nitrogens with zero attached hydrogens (tertiary/aromatic N) is 1. The van der Waals surface area contributed by atoms with Gasteiger partial charge in [-0.2, -0.15) is 5.10 Å². The summed E-state index contributed by atoms with van der Waals surface area (Å²) in [5.41, 5.74) is 3.90. The molecule has 120 valence electrons. The fraction of sp³-hybridized carbons (Fsp3) is 0.176. The van der Waals surface area contributed by atoms with Gasteiger partial charge in [0.2, 0.25) is 0 Å². The van der Waals surface area contributed by atoms with Gasteiger partial charge in [0, 0.05) is 16.1 Å². The molecule has 6 heteroatoms. The Morgan fingerprint density at radius 3 is 2.74 bits per heavy atom. The smallest absolute Gasteiger partial charge is 0.427 e. The largest absolute Gasteiger partial charge is 0.488 e. The maximum atomic E-state index is 11.2. The summed E-state index contributed by atoms with van der Waals surface area (Å²) in [5.74, 6) is 0.641. The van der Waals surface area contributed by atoms with Gasteiger partial charge in [-0.25, -0.2) is 10.2 Å². The molecule has 0 bridgehead atoms. The van der Waals surface area contributed by atoms with Gasteiger partial charge in [0.25, 0.3) is 0 Å². The van der Waals surface area contributed by atoms with Crippen LogP contribution in [0.25, 0.3) is 0 Å². The molecule has 0 spiro atoms. The second kappa shape index (κ2) is 8.80. The molecule has 0 aromatic heterocycles. The van der Waals surface area contributed by atoms with E-state index in [4.69, 9.17) is 21.1 Å². The van der Waals surface area contributed by atoms with Crippen molar-refractivity contribution in [2.45, 2.75) is 13.5 Å². The van der Waals surface area contributed by atoms with Gasteiger partial charge >= 0.3 is 6.09 Å². The highest BCUT2D eigenvalue weighted by Gasteiger charge is 2.04. The number of hydrogen-bond acceptors (Lipinski definition) is 4. The number of rotatable bonds is 6. The highest BCUT2D eigenvalue weighted by atomic mass is 35.5. The second-order valence-electron chi connectivity index (χ2n) is 4.51. The molecule has 0 atom stereocenters. The molecule has 2 aromatic rings. The Kier molecular flexibility index (Phi) is 6.44. The fourth-order valence-electron chi connectivity index (χ4n) is 1.81. The number of carbonyl (C=O) groups is 1. The Labute approximate surface area is 139 Å². The highest BCUT2D eigenvalue weighted by molar-refractivity contribution is 6.31. The van der Waals surface area contributed by atoms with Gasteiger partial charge in [0.1, 0.15) is 12.4 Å². The molecule has 0 heterocycles. The molecule has 0 aliphatic heterocycles. The minimum absolute atomic E-state index is 0.291. The van der Waals surface area contributed by atoms with Gasteiger partial charge in [-0.15, -0.1) is 0 Å². The van der Waals surface area contributed by atoms with E-state index in [-0.39, 0.29) is 0 Å². The first-order valence-electron chi connectivity index (χ1n) is 7.11. The Balaban J connectivity index is 2.01. The summed E-state index contributed by atoms with van der Waals surface area (Å²) in [7, 11) is 0. The van der Waals surface area contributed by atoms with E-state index in [0.29, 0.717) is 24.0 Å². The molecule has 0 saturated heterocycles. The normalized spacial score (nSPS) is 10.5. The van der Waals surface area contributed by atoms with Crippen molar-refractivity contribution in [3.63, 3.8) is 0 Å². The first kappa shape index (κ1) is 16.8. The van der Waals surface area contributed by atoms with Crippen LogP contribution in [0.5, 0.6) is 5.75 Å². The highest BCUT2D eigenvalue weighted by Crippen LogP contribution is 2.20. The summed E-state index contributed by atoms with van der Waals surface area (Å²) in [6.07, 6.45) is 0.900. The summed E-state index contributed by atoms with van der Waals surface area (Å²) in [5, 5.41) is 4.49. The van der Waals surface area contributed by atoms with Crippen molar-refractivity contribution in [3.05, 3.63) is 64.7 Å². The van der Waals surface area contributed by atoms with Gasteiger partial charge in [-0.1, -0.05) is 41.9 Å². The topological polar surface area (TPSA) is 59.9 Å². The van der Waals surface area contributed by atoms with Crippen LogP contribution in [-0.4, -0.2) is 18.9 Å². The number of hydrazone groups is 1. The number of carbonyl (C=O) groups excluding carboxylic acids is 1. The summed E-state index contributed by atoms with van der Waals surface area (Å²) in [6.45, 7) is 2.36. The van der Waals surface area contributed by atoms with Gasteiger partial charge in [0.15, 0.2) is 0 Å². The van der Waals surface area contributed by atoms with E-state index in [1.807, 2.05) is 48.5 Å². The number of nitrogens with one attached hydrogen (secondary N) is 1. The van der Waals surface area contributed by atoms with Gasteiger partial charge < -0.3 is 9.47 Å². The van der Waals surface area contributed by atoms with E-state index in [1.54, 1.807) is 6.92 Å². The number of halogens is 1. The number of hydrogen-bond donors (Lipinski definition) is 1. The predicted molar refractivity (Wildman–Crippen MR) is 90.0 cm³/mol. The van der Waals surface area contributed by atoms with Crippen molar-refractivity contribution in [2.24, 2.45) is 5.10 Å². The van der Waals surface area contributed by atoms with Crippen molar-refractivity contribution < 1.29 is 14.3 Å². The lowest BCUT2D eigenvalue weighted by molar-refractivity contribution is 0.152. The van der Waals surface area contributed by atoms with Gasteiger partial charge in [-0.05, 0) is 25.1 Å². The molecule has 5 nitrogen and oxygen atoms in total. The van der Waals surface area contributed by atoms with E-state index in [0.717, 1.165) is 11.1 Å². The Morgan fingerprint density at radius 1 is 1.22 bits per heavy atom. The van der Waals surface area contributed by atoms with Crippen molar-refractivity contribution in [2.75, 3.05) is 6.61 Å². The van der Waals surface area contributed by atoms with E-state index < -0.39 is 6.09 Å². The van der Waals surface area contributed by atoms with E-state index in [2.05, 4.69) is 10.5 Å². The van der Waals surface area contributed by atoms with Gasteiger partial charge in [0.05, 0.1) is 12.8 Å². The lowest BCUT2D eigenvalue weighted by atomic mass is 10.2. The second-order valence-corrected chi connectivity index (χ2v) is 4.92. The number of amides is 1. The molecular formula is C17H17ClN2O3. The predicted octanol–water partition coefficient (Wildman–Crippen LogP) is 4.00. The molecule has 0 aliphatic rings. The standard InChI is InChI=1S/C17H17ClN2O3/c1-2-22-17(21)20-19-11-13-7-4-6-10-16(13)23-12-14-8-3-5-9-15(14)18/h3-11H,2,12H2,1H3,(H,20,21)/b19-11+. The lowest BCUT2D eigenvalue weighted by Crippen LogP contribution is -2.18. The molecule has 0 radical (unpaired) electrons. The number of ether oxygens (including phenoxy) is 2. The average molecular weight is 333 g/mol. The molecule has 2 aromatic carbocycles. The summed E-state index contributed by atoms with van der Waals surface area (Å²) in [6, 6.07) is 14.9. The van der Waals surface area contributed by atoms with Crippen LogP contribution in [0.3, 0.4) is 0 Å². The monoisotopic (exact) mass is 332 g/mol. The van der Waals surface area contributed by atoms with Crippen LogP contribution in [0.15, 0.2) is 53.6 Å². The van der Waals surface area contributed by atoms with Crippen LogP contribution in [0.1, 0.15) is 18.1 Å². The van der Waals surface area contributed by atoms with Crippen molar-refractivity contribution >= 4 is 23.9 Å². The van der Waals surface area contributed by atoms with Crippen LogP contribution in [-0.2, 0) is 11.3 Å². The van der Waals surface area contributed by atoms with Crippen molar-refractivity contribution in [3.8, 4) is 5.75 Å². The quantitative estimate of drug-likeness (QED) is 0.642. The number of para-hydroxylation sites is 1. The Hall–Kier alpha value is -2.53. The lowest BCUT2D eigenvalue weighted by Gasteiger charge is -2.10. The first-order valence-corrected chi connectivity index (χ1v) is 7.49. The molecule has 1 amide bonds. The summed E-state index contributed by atoms with van der Waals surface area (Å²) in [4.78, 5) is 11.2. The third-order valence-electron chi connectivity index (χ3n) is 2.89. The Morgan fingerprint density at radius 2 is 1.96 bits per heavy atom. The third-order valence-corrected chi connectivity index (χ3v) is 3.26. The molecule has 0 aliphatic carbocycles.